The number of hydrogen-bond donors (Lipinski definition) is 6. The zero-order valence-electron chi connectivity index (χ0n) is 20.1. The summed E-state index contributed by atoms with van der Waals surface area (Å²) in [6, 6.07) is 9.68. The average Bonchev–Trinajstić information content (AvgIpc) is 2.85. The molecule has 3 amide bonds. The van der Waals surface area contributed by atoms with Gasteiger partial charge in [-0.15, -0.1) is 0 Å². The van der Waals surface area contributed by atoms with Crippen LogP contribution in [0.3, 0.4) is 0 Å². The van der Waals surface area contributed by atoms with Crippen LogP contribution in [0.15, 0.2) is 48.5 Å². The van der Waals surface area contributed by atoms with E-state index < -0.39 is 42.0 Å². The van der Waals surface area contributed by atoms with E-state index in [-0.39, 0.29) is 23.4 Å². The number of carboxylic acids is 3. The predicted octanol–water partition coefficient (Wildman–Crippen LogP) is 2.34. The van der Waals surface area contributed by atoms with Crippen LogP contribution >= 0.6 is 0 Å². The Bertz CT molecular complexity index is 1100. The zero-order chi connectivity index (χ0) is 27.4. The molecule has 1 atom stereocenters. The van der Waals surface area contributed by atoms with Gasteiger partial charge in [0.15, 0.2) is 0 Å². The smallest absolute Gasteiger partial charge is 0.356 e. The van der Waals surface area contributed by atoms with Crippen molar-refractivity contribution >= 4 is 35.5 Å². The lowest BCUT2D eigenvalue weighted by Gasteiger charge is -2.19. The van der Waals surface area contributed by atoms with Gasteiger partial charge in [0.2, 0.25) is 5.91 Å². The second-order valence-electron chi connectivity index (χ2n) is 8.06. The van der Waals surface area contributed by atoms with Gasteiger partial charge in [-0.1, -0.05) is 38.0 Å². The van der Waals surface area contributed by atoms with Gasteiger partial charge in [-0.3, -0.25) is 4.79 Å². The molecule has 0 bridgehead atoms. The molecule has 0 aliphatic heterocycles. The zero-order valence-corrected chi connectivity index (χ0v) is 20.1. The number of rotatable bonds is 14. The van der Waals surface area contributed by atoms with Crippen molar-refractivity contribution < 1.29 is 44.0 Å². The van der Waals surface area contributed by atoms with Gasteiger partial charge >= 0.3 is 23.9 Å². The number of amides is 3. The van der Waals surface area contributed by atoms with Crippen molar-refractivity contribution in [3.8, 4) is 5.75 Å². The van der Waals surface area contributed by atoms with E-state index in [1.165, 1.54) is 48.5 Å². The maximum atomic E-state index is 12.8. The summed E-state index contributed by atoms with van der Waals surface area (Å²) in [6.07, 6.45) is 0.646. The van der Waals surface area contributed by atoms with E-state index in [1.54, 1.807) is 0 Å². The highest BCUT2D eigenvalue weighted by Crippen LogP contribution is 2.16. The van der Waals surface area contributed by atoms with Crippen molar-refractivity contribution in [3.05, 3.63) is 59.7 Å². The lowest BCUT2D eigenvalue weighted by atomic mass is 10.0. The van der Waals surface area contributed by atoms with Crippen molar-refractivity contribution in [3.63, 3.8) is 0 Å². The molecule has 0 aliphatic carbocycles. The molecule has 198 valence electrons. The fraction of sp³-hybridized carbons (Fsp3) is 0.320. The van der Waals surface area contributed by atoms with Crippen molar-refractivity contribution in [2.75, 3.05) is 11.9 Å². The van der Waals surface area contributed by atoms with Crippen LogP contribution < -0.4 is 20.7 Å². The summed E-state index contributed by atoms with van der Waals surface area (Å²) in [6.45, 7) is 2.45. The molecule has 2 aromatic rings. The van der Waals surface area contributed by atoms with Crippen LogP contribution in [0.4, 0.5) is 10.5 Å². The van der Waals surface area contributed by atoms with E-state index in [9.17, 15) is 24.0 Å². The Hall–Kier alpha value is -4.61. The molecular formula is C25H29N3O9. The topological polar surface area (TPSA) is 191 Å². The molecule has 0 saturated carbocycles. The normalized spacial score (nSPS) is 11.3. The Kier molecular flexibility index (Phi) is 10.9. The Balaban J connectivity index is 2.12. The lowest BCUT2D eigenvalue weighted by Crippen LogP contribution is -2.49. The van der Waals surface area contributed by atoms with Crippen molar-refractivity contribution in [2.45, 2.75) is 44.8 Å². The molecule has 0 unspecified atom stereocenters. The van der Waals surface area contributed by atoms with Gasteiger partial charge in [-0.2, -0.15) is 0 Å². The van der Waals surface area contributed by atoms with Crippen molar-refractivity contribution in [1.82, 2.24) is 10.6 Å². The number of aliphatic carboxylic acids is 2. The molecule has 12 heteroatoms. The number of carbonyl (C=O) groups excluding carboxylic acids is 2. The van der Waals surface area contributed by atoms with Crippen LogP contribution in [0.5, 0.6) is 5.75 Å². The molecule has 6 N–H and O–H groups in total. The summed E-state index contributed by atoms with van der Waals surface area (Å²) in [7, 11) is 0. The fourth-order valence-corrected chi connectivity index (χ4v) is 3.26. The number of urea groups is 1. The van der Waals surface area contributed by atoms with Crippen LogP contribution in [0.1, 0.15) is 42.1 Å². The Morgan fingerprint density at radius 1 is 0.919 bits per heavy atom. The third-order valence-corrected chi connectivity index (χ3v) is 5.13. The minimum atomic E-state index is -2.07. The second kappa shape index (κ2) is 14.1. The third-order valence-electron chi connectivity index (χ3n) is 5.13. The van der Waals surface area contributed by atoms with Crippen molar-refractivity contribution in [1.29, 1.82) is 0 Å². The minimum Gasteiger partial charge on any atom is -0.478 e. The van der Waals surface area contributed by atoms with Crippen LogP contribution in [0, 0.1) is 0 Å². The maximum absolute atomic E-state index is 12.8. The summed E-state index contributed by atoms with van der Waals surface area (Å²) in [5.41, 5.74) is 0.794. The van der Waals surface area contributed by atoms with E-state index >= 15 is 0 Å². The molecule has 12 nitrogen and oxygen atoms in total. The van der Waals surface area contributed by atoms with Gasteiger partial charge in [-0.05, 0) is 42.3 Å². The van der Waals surface area contributed by atoms with Crippen LogP contribution in [-0.4, -0.2) is 63.9 Å². The first-order chi connectivity index (χ1) is 17.6. The Morgan fingerprint density at radius 3 is 2.19 bits per heavy atom. The van der Waals surface area contributed by atoms with Gasteiger partial charge in [0.1, 0.15) is 11.8 Å². The average molecular weight is 516 g/mol. The molecule has 0 fully saturated rings. The molecule has 37 heavy (non-hydrogen) atoms. The largest absolute Gasteiger partial charge is 0.478 e. The molecule has 0 aliphatic rings. The van der Waals surface area contributed by atoms with Gasteiger partial charge < -0.3 is 36.0 Å². The number of ether oxygens (including phenoxy) is 1. The van der Waals surface area contributed by atoms with Crippen LogP contribution in [-0.2, 0) is 20.8 Å². The van der Waals surface area contributed by atoms with E-state index in [1.807, 2.05) is 6.92 Å². The van der Waals surface area contributed by atoms with Gasteiger partial charge in [0.05, 0.1) is 5.56 Å². The number of benzene rings is 2. The number of aromatic carboxylic acids is 1. The van der Waals surface area contributed by atoms with Gasteiger partial charge in [0, 0.05) is 18.7 Å². The first-order valence-electron chi connectivity index (χ1n) is 11.5. The standard InChI is InChI=1S/C25H29N3O9/c1-2-3-4-12-26-21(29)19(28-25(36)27-17-7-5-6-16(14-17)22(30)31)13-15-8-10-18(11-9-15)37-20(23(32)33)24(34)35/h5-11,14,19-20H,2-4,12-13H2,1H3,(H,26,29)(H,30,31)(H,32,33)(H,34,35)(H2,27,28,36)/t19-/m0/s1. The highest BCUT2D eigenvalue weighted by molar-refractivity contribution is 5.96. The van der Waals surface area contributed by atoms with E-state index in [2.05, 4.69) is 16.0 Å². The van der Waals surface area contributed by atoms with E-state index in [0.717, 1.165) is 19.3 Å². The number of hydrogen-bond acceptors (Lipinski definition) is 6. The summed E-state index contributed by atoms with van der Waals surface area (Å²) >= 11 is 0. The van der Waals surface area contributed by atoms with Gasteiger partial charge in [0.25, 0.3) is 6.10 Å². The minimum absolute atomic E-state index is 0.00290. The molecule has 0 spiro atoms. The third kappa shape index (κ3) is 9.51. The number of carbonyl (C=O) groups is 5. The molecule has 0 saturated heterocycles. The van der Waals surface area contributed by atoms with Crippen LogP contribution in [0.2, 0.25) is 0 Å². The number of unbranched alkanes of at least 4 members (excludes halogenated alkanes) is 2. The number of carboxylic acid groups (broad SMARTS) is 3. The SMILES string of the molecule is CCCCCNC(=O)[C@H](Cc1ccc(OC(C(=O)O)C(=O)O)cc1)NC(=O)Nc1cccc(C(=O)O)c1. The summed E-state index contributed by atoms with van der Waals surface area (Å²) < 4.78 is 4.98. The summed E-state index contributed by atoms with van der Waals surface area (Å²) in [4.78, 5) is 58.6. The first-order valence-corrected chi connectivity index (χ1v) is 11.5. The quantitative estimate of drug-likeness (QED) is 0.162. The highest BCUT2D eigenvalue weighted by Gasteiger charge is 2.28. The number of anilines is 1. The highest BCUT2D eigenvalue weighted by atomic mass is 16.5. The van der Waals surface area contributed by atoms with E-state index in [0.29, 0.717) is 12.1 Å². The molecule has 2 rings (SSSR count). The fourth-order valence-electron chi connectivity index (χ4n) is 3.26. The van der Waals surface area contributed by atoms with Gasteiger partial charge in [-0.25, -0.2) is 19.2 Å². The monoisotopic (exact) mass is 515 g/mol. The molecule has 0 heterocycles. The number of nitrogens with one attached hydrogen (secondary N) is 3. The van der Waals surface area contributed by atoms with Crippen LogP contribution in [0.25, 0.3) is 0 Å². The summed E-state index contributed by atoms with van der Waals surface area (Å²) in [5, 5.41) is 34.9. The summed E-state index contributed by atoms with van der Waals surface area (Å²) in [5.74, 6) is -4.88. The van der Waals surface area contributed by atoms with E-state index in [4.69, 9.17) is 20.1 Å². The lowest BCUT2D eigenvalue weighted by molar-refractivity contribution is -0.159. The van der Waals surface area contributed by atoms with Crippen molar-refractivity contribution in [2.24, 2.45) is 0 Å². The molecular weight excluding hydrogens is 486 g/mol. The first kappa shape index (κ1) is 28.6. The molecule has 2 aromatic carbocycles. The molecule has 0 radical (unpaired) electrons. The second-order valence-corrected chi connectivity index (χ2v) is 8.06. The predicted molar refractivity (Wildman–Crippen MR) is 132 cm³/mol. The Morgan fingerprint density at radius 2 is 1.59 bits per heavy atom. The Labute approximate surface area is 212 Å². The maximum Gasteiger partial charge on any atom is 0.356 e. The molecule has 0 aromatic heterocycles.